The van der Waals surface area contributed by atoms with Crippen LogP contribution in [0.1, 0.15) is 0 Å². The van der Waals surface area contributed by atoms with Crippen molar-refractivity contribution in [1.29, 1.82) is 0 Å². The largest absolute Gasteiger partial charge is 0.304 e. The van der Waals surface area contributed by atoms with Crippen LogP contribution < -0.4 is 10.9 Å². The fourth-order valence-electron chi connectivity index (χ4n) is 1.65. The molecular formula is C13H12BrN3O. The second kappa shape index (κ2) is 5.80. The molecule has 0 atom stereocenters. The molecule has 4 nitrogen and oxygen atoms in total. The summed E-state index contributed by atoms with van der Waals surface area (Å²) >= 11 is 3.35. The second-order valence-electron chi connectivity index (χ2n) is 3.79. The Kier molecular flexibility index (Phi) is 4.13. The molecule has 0 unspecified atom stereocenters. The van der Waals surface area contributed by atoms with Crippen molar-refractivity contribution >= 4 is 26.8 Å². The maximum absolute atomic E-state index is 12.2. The van der Waals surface area contributed by atoms with E-state index in [1.54, 1.807) is 17.0 Å². The Morgan fingerprint density at radius 3 is 3.11 bits per heavy atom. The Balaban J connectivity index is 2.28. The summed E-state index contributed by atoms with van der Waals surface area (Å²) in [6.45, 7) is 1.70. The van der Waals surface area contributed by atoms with Gasteiger partial charge in [0.15, 0.2) is 0 Å². The van der Waals surface area contributed by atoms with Gasteiger partial charge in [-0.3, -0.25) is 9.36 Å². The van der Waals surface area contributed by atoms with Gasteiger partial charge in [0.2, 0.25) is 0 Å². The maximum atomic E-state index is 12.2. The zero-order valence-electron chi connectivity index (χ0n) is 9.69. The number of fused-ring (bicyclic) bond motifs is 1. The Hall–Kier alpha value is -1.64. The number of terminal acetylenes is 1. The topological polar surface area (TPSA) is 46.9 Å². The maximum Gasteiger partial charge on any atom is 0.261 e. The number of hydrogen-bond donors (Lipinski definition) is 1. The van der Waals surface area contributed by atoms with E-state index in [0.29, 0.717) is 30.5 Å². The van der Waals surface area contributed by atoms with Gasteiger partial charge in [0, 0.05) is 17.6 Å². The van der Waals surface area contributed by atoms with Crippen molar-refractivity contribution in [1.82, 2.24) is 14.9 Å². The lowest BCUT2D eigenvalue weighted by Crippen LogP contribution is -2.27. The molecule has 0 bridgehead atoms. The zero-order chi connectivity index (χ0) is 13.0. The van der Waals surface area contributed by atoms with Gasteiger partial charge in [-0.15, -0.1) is 6.42 Å². The van der Waals surface area contributed by atoms with Crippen LogP contribution in [0.5, 0.6) is 0 Å². The highest BCUT2D eigenvalue weighted by atomic mass is 79.9. The quantitative estimate of drug-likeness (QED) is 0.686. The molecular weight excluding hydrogens is 294 g/mol. The Morgan fingerprint density at radius 1 is 1.50 bits per heavy atom. The molecule has 1 aromatic heterocycles. The van der Waals surface area contributed by atoms with E-state index in [9.17, 15) is 4.79 Å². The third-order valence-corrected chi connectivity index (χ3v) is 3.04. The zero-order valence-corrected chi connectivity index (χ0v) is 11.3. The fraction of sp³-hybridized carbons (Fsp3) is 0.231. The number of benzene rings is 1. The first kappa shape index (κ1) is 12.8. The van der Waals surface area contributed by atoms with E-state index in [0.717, 1.165) is 4.47 Å². The molecule has 1 aromatic carbocycles. The van der Waals surface area contributed by atoms with Crippen LogP contribution in [-0.4, -0.2) is 22.6 Å². The minimum Gasteiger partial charge on any atom is -0.304 e. The van der Waals surface area contributed by atoms with E-state index in [1.165, 1.54) is 0 Å². The summed E-state index contributed by atoms with van der Waals surface area (Å²) in [6.07, 6.45) is 6.70. The Morgan fingerprint density at radius 2 is 2.33 bits per heavy atom. The van der Waals surface area contributed by atoms with E-state index in [1.807, 2.05) is 12.1 Å². The van der Waals surface area contributed by atoms with Crippen molar-refractivity contribution in [2.75, 3.05) is 13.1 Å². The molecule has 0 radical (unpaired) electrons. The van der Waals surface area contributed by atoms with Gasteiger partial charge >= 0.3 is 0 Å². The predicted octanol–water partition coefficient (Wildman–Crippen LogP) is 1.38. The van der Waals surface area contributed by atoms with Crippen molar-refractivity contribution in [3.05, 3.63) is 39.4 Å². The highest BCUT2D eigenvalue weighted by molar-refractivity contribution is 9.10. The van der Waals surface area contributed by atoms with Gasteiger partial charge in [-0.2, -0.15) is 0 Å². The summed E-state index contributed by atoms with van der Waals surface area (Å²) in [4.78, 5) is 16.4. The summed E-state index contributed by atoms with van der Waals surface area (Å²) in [6, 6.07) is 5.48. The molecule has 0 aliphatic heterocycles. The molecule has 2 aromatic rings. The van der Waals surface area contributed by atoms with Gasteiger partial charge in [-0.25, -0.2) is 4.98 Å². The predicted molar refractivity (Wildman–Crippen MR) is 75.4 cm³/mol. The van der Waals surface area contributed by atoms with Crippen molar-refractivity contribution in [3.8, 4) is 12.3 Å². The van der Waals surface area contributed by atoms with E-state index in [2.05, 4.69) is 32.2 Å². The summed E-state index contributed by atoms with van der Waals surface area (Å²) in [7, 11) is 0. The molecule has 0 aliphatic carbocycles. The normalized spacial score (nSPS) is 10.4. The van der Waals surface area contributed by atoms with Gasteiger partial charge in [-0.1, -0.05) is 21.9 Å². The first-order valence-electron chi connectivity index (χ1n) is 5.51. The van der Waals surface area contributed by atoms with Crippen LogP contribution in [0, 0.1) is 12.3 Å². The number of nitrogens with zero attached hydrogens (tertiary/aromatic N) is 2. The molecule has 0 saturated heterocycles. The molecule has 1 N–H and O–H groups in total. The molecule has 0 amide bonds. The van der Waals surface area contributed by atoms with E-state index in [4.69, 9.17) is 6.42 Å². The standard InChI is InChI=1S/C13H12BrN3O/c1-2-5-15-6-7-17-9-16-12-4-3-10(14)8-11(12)13(17)18/h1,3-4,8-9,15H,5-7H2. The first-order valence-corrected chi connectivity index (χ1v) is 6.30. The lowest BCUT2D eigenvalue weighted by atomic mass is 10.2. The second-order valence-corrected chi connectivity index (χ2v) is 4.70. The summed E-state index contributed by atoms with van der Waals surface area (Å²) < 4.78 is 2.45. The molecule has 18 heavy (non-hydrogen) atoms. The van der Waals surface area contributed by atoms with E-state index in [-0.39, 0.29) is 5.56 Å². The summed E-state index contributed by atoms with van der Waals surface area (Å²) in [5.74, 6) is 2.49. The van der Waals surface area contributed by atoms with Crippen LogP contribution in [0.3, 0.4) is 0 Å². The number of aromatic nitrogens is 2. The van der Waals surface area contributed by atoms with Crippen molar-refractivity contribution < 1.29 is 0 Å². The van der Waals surface area contributed by atoms with Gasteiger partial charge in [-0.05, 0) is 18.2 Å². The molecule has 5 heteroatoms. The SMILES string of the molecule is C#CCNCCn1cnc2ccc(Br)cc2c1=O. The number of halogens is 1. The smallest absolute Gasteiger partial charge is 0.261 e. The van der Waals surface area contributed by atoms with Gasteiger partial charge < -0.3 is 5.32 Å². The summed E-state index contributed by atoms with van der Waals surface area (Å²) in [5.41, 5.74) is 0.667. The van der Waals surface area contributed by atoms with Crippen LogP contribution in [-0.2, 0) is 6.54 Å². The molecule has 0 fully saturated rings. The number of hydrogen-bond acceptors (Lipinski definition) is 3. The first-order chi connectivity index (χ1) is 8.72. The molecule has 0 saturated carbocycles. The van der Waals surface area contributed by atoms with Crippen LogP contribution >= 0.6 is 15.9 Å². The van der Waals surface area contributed by atoms with Crippen LogP contribution in [0.4, 0.5) is 0 Å². The van der Waals surface area contributed by atoms with E-state index < -0.39 is 0 Å². The van der Waals surface area contributed by atoms with Crippen LogP contribution in [0.25, 0.3) is 10.9 Å². The van der Waals surface area contributed by atoms with Crippen molar-refractivity contribution in [2.24, 2.45) is 0 Å². The molecule has 0 aliphatic rings. The minimum absolute atomic E-state index is 0.0381. The highest BCUT2D eigenvalue weighted by Crippen LogP contribution is 2.14. The van der Waals surface area contributed by atoms with Crippen LogP contribution in [0.2, 0.25) is 0 Å². The van der Waals surface area contributed by atoms with Gasteiger partial charge in [0.25, 0.3) is 5.56 Å². The molecule has 1 heterocycles. The minimum atomic E-state index is -0.0381. The molecule has 0 spiro atoms. The monoisotopic (exact) mass is 305 g/mol. The van der Waals surface area contributed by atoms with Crippen LogP contribution in [0.15, 0.2) is 33.8 Å². The lowest BCUT2D eigenvalue weighted by molar-refractivity contribution is 0.608. The van der Waals surface area contributed by atoms with Gasteiger partial charge in [0.05, 0.1) is 23.8 Å². The number of nitrogens with one attached hydrogen (secondary N) is 1. The number of rotatable bonds is 4. The Bertz CT molecular complexity index is 657. The third-order valence-electron chi connectivity index (χ3n) is 2.54. The van der Waals surface area contributed by atoms with Crippen molar-refractivity contribution in [3.63, 3.8) is 0 Å². The van der Waals surface area contributed by atoms with Gasteiger partial charge in [0.1, 0.15) is 0 Å². The average Bonchev–Trinajstić information content (AvgIpc) is 2.38. The molecule has 2 rings (SSSR count). The van der Waals surface area contributed by atoms with E-state index >= 15 is 0 Å². The highest BCUT2D eigenvalue weighted by Gasteiger charge is 2.04. The summed E-state index contributed by atoms with van der Waals surface area (Å²) in [5, 5.41) is 3.65. The van der Waals surface area contributed by atoms with Crippen molar-refractivity contribution in [2.45, 2.75) is 6.54 Å². The lowest BCUT2D eigenvalue weighted by Gasteiger charge is -2.06. The fourth-order valence-corrected chi connectivity index (χ4v) is 2.01. The Labute approximate surface area is 113 Å². The third kappa shape index (κ3) is 2.78. The average molecular weight is 306 g/mol. The molecule has 92 valence electrons.